The summed E-state index contributed by atoms with van der Waals surface area (Å²) in [4.78, 5) is 16.5. The number of likely N-dealkylation sites (tertiary alicyclic amines) is 1. The van der Waals surface area contributed by atoms with Gasteiger partial charge in [0, 0.05) is 32.6 Å². The highest BCUT2D eigenvalue weighted by atomic mass is 16.3. The highest BCUT2D eigenvalue weighted by Gasteiger charge is 2.39. The minimum atomic E-state index is -0.823. The summed E-state index contributed by atoms with van der Waals surface area (Å²) in [5, 5.41) is 21.9. The van der Waals surface area contributed by atoms with Crippen molar-refractivity contribution in [1.29, 1.82) is 0 Å². The molecule has 1 N–H and O–H groups in total. The Hall–Kier alpha value is -2.32. The van der Waals surface area contributed by atoms with E-state index in [9.17, 15) is 9.90 Å². The molecule has 26 heavy (non-hydrogen) atoms. The summed E-state index contributed by atoms with van der Waals surface area (Å²) in [7, 11) is 0. The Morgan fingerprint density at radius 2 is 2.08 bits per heavy atom. The van der Waals surface area contributed by atoms with Crippen LogP contribution in [0.4, 0.5) is 0 Å². The van der Waals surface area contributed by atoms with Crippen molar-refractivity contribution in [2.45, 2.75) is 38.0 Å². The predicted molar refractivity (Wildman–Crippen MR) is 94.0 cm³/mol. The molecule has 8 nitrogen and oxygen atoms in total. The van der Waals surface area contributed by atoms with E-state index >= 15 is 0 Å². The molecule has 2 aliphatic heterocycles. The summed E-state index contributed by atoms with van der Waals surface area (Å²) in [5.74, 6) is 0.0421. The number of tetrazole rings is 1. The Kier molecular flexibility index (Phi) is 4.69. The van der Waals surface area contributed by atoms with Gasteiger partial charge in [-0.25, -0.2) is 4.68 Å². The number of aromatic nitrogens is 4. The number of β-amino-alcohol motifs (C(OH)–C–C–N with tert-alkyl or cyclic N) is 1. The Balaban J connectivity index is 1.30. The Morgan fingerprint density at radius 3 is 2.88 bits per heavy atom. The van der Waals surface area contributed by atoms with Gasteiger partial charge in [0.25, 0.3) is 0 Å². The van der Waals surface area contributed by atoms with Crippen molar-refractivity contribution < 1.29 is 9.90 Å². The van der Waals surface area contributed by atoms with Crippen LogP contribution in [0.1, 0.15) is 24.0 Å². The van der Waals surface area contributed by atoms with E-state index in [1.165, 1.54) is 17.5 Å². The van der Waals surface area contributed by atoms with Crippen LogP contribution >= 0.6 is 0 Å². The van der Waals surface area contributed by atoms with Crippen molar-refractivity contribution in [2.75, 3.05) is 26.2 Å². The summed E-state index contributed by atoms with van der Waals surface area (Å²) in [6, 6.07) is 8.49. The van der Waals surface area contributed by atoms with E-state index in [4.69, 9.17) is 0 Å². The maximum Gasteiger partial charge on any atom is 0.224 e. The van der Waals surface area contributed by atoms with Crippen molar-refractivity contribution in [3.63, 3.8) is 0 Å². The van der Waals surface area contributed by atoms with Crippen LogP contribution in [-0.4, -0.2) is 72.8 Å². The second-order valence-electron chi connectivity index (χ2n) is 7.34. The van der Waals surface area contributed by atoms with Crippen LogP contribution in [0.15, 0.2) is 30.6 Å². The van der Waals surface area contributed by atoms with Gasteiger partial charge >= 0.3 is 0 Å². The minimum absolute atomic E-state index is 0.0421. The molecule has 0 radical (unpaired) electrons. The topological polar surface area (TPSA) is 87.4 Å². The summed E-state index contributed by atoms with van der Waals surface area (Å²) in [5.41, 5.74) is 1.92. The first-order valence-electron chi connectivity index (χ1n) is 9.11. The molecular formula is C18H24N6O2. The van der Waals surface area contributed by atoms with E-state index in [0.717, 1.165) is 19.5 Å². The number of nitrogens with zero attached hydrogens (tertiary/aromatic N) is 6. The lowest BCUT2D eigenvalue weighted by atomic mass is 9.97. The standard InChI is InChI=1S/C18H24N6O2/c25-17(6-9-24-14-19-20-21-24)23-10-7-18(26,13-23)12-22-8-5-15-3-1-2-4-16(15)11-22/h1-4,14,26H,5-13H2/t18-/m1/s1. The number of hydrogen-bond donors (Lipinski definition) is 1. The number of carbonyl (C=O) groups is 1. The average Bonchev–Trinajstić information content (AvgIpc) is 3.29. The van der Waals surface area contributed by atoms with Crippen LogP contribution in [0.3, 0.4) is 0 Å². The third-order valence-electron chi connectivity index (χ3n) is 5.36. The van der Waals surface area contributed by atoms with Crippen molar-refractivity contribution in [2.24, 2.45) is 0 Å². The first kappa shape index (κ1) is 17.1. The van der Waals surface area contributed by atoms with E-state index in [1.54, 1.807) is 9.58 Å². The maximum absolute atomic E-state index is 12.4. The molecule has 0 bridgehead atoms. The first-order valence-corrected chi connectivity index (χ1v) is 9.11. The second kappa shape index (κ2) is 7.13. The largest absolute Gasteiger partial charge is 0.387 e. The van der Waals surface area contributed by atoms with Gasteiger partial charge in [-0.1, -0.05) is 24.3 Å². The molecule has 0 unspecified atom stereocenters. The molecule has 2 aromatic rings. The molecule has 8 heteroatoms. The van der Waals surface area contributed by atoms with Crippen LogP contribution in [0.2, 0.25) is 0 Å². The molecule has 1 saturated heterocycles. The lowest BCUT2D eigenvalue weighted by molar-refractivity contribution is -0.131. The second-order valence-corrected chi connectivity index (χ2v) is 7.34. The van der Waals surface area contributed by atoms with E-state index in [1.807, 2.05) is 0 Å². The summed E-state index contributed by atoms with van der Waals surface area (Å²) < 4.78 is 1.55. The summed E-state index contributed by atoms with van der Waals surface area (Å²) >= 11 is 0. The number of amides is 1. The molecule has 0 spiro atoms. The number of hydrogen-bond acceptors (Lipinski definition) is 6. The van der Waals surface area contributed by atoms with Crippen molar-refractivity contribution in [1.82, 2.24) is 30.0 Å². The van der Waals surface area contributed by atoms with E-state index < -0.39 is 5.60 Å². The molecule has 138 valence electrons. The molecule has 0 saturated carbocycles. The zero-order valence-corrected chi connectivity index (χ0v) is 14.8. The molecule has 1 aromatic carbocycles. The third-order valence-corrected chi connectivity index (χ3v) is 5.36. The van der Waals surface area contributed by atoms with Crippen LogP contribution in [-0.2, 0) is 24.3 Å². The van der Waals surface area contributed by atoms with Gasteiger partial charge in [-0.05, 0) is 34.4 Å². The van der Waals surface area contributed by atoms with Crippen molar-refractivity contribution >= 4 is 5.91 Å². The fraction of sp³-hybridized carbons (Fsp3) is 0.556. The quantitative estimate of drug-likeness (QED) is 0.817. The van der Waals surface area contributed by atoms with Gasteiger partial charge in [0.15, 0.2) is 0 Å². The number of benzene rings is 1. The summed E-state index contributed by atoms with van der Waals surface area (Å²) in [6.07, 6.45) is 3.49. The third kappa shape index (κ3) is 3.76. The lowest BCUT2D eigenvalue weighted by Gasteiger charge is -2.34. The Bertz CT molecular complexity index is 765. The molecule has 0 aliphatic carbocycles. The van der Waals surface area contributed by atoms with Crippen LogP contribution in [0.25, 0.3) is 0 Å². The van der Waals surface area contributed by atoms with Crippen molar-refractivity contribution in [3.05, 3.63) is 41.7 Å². The molecule has 4 rings (SSSR count). The SMILES string of the molecule is O=C(CCn1cnnn1)N1CC[C@@](O)(CN2CCc3ccccc3C2)C1. The van der Waals surface area contributed by atoms with Gasteiger partial charge in [0.1, 0.15) is 6.33 Å². The zero-order chi connectivity index (χ0) is 18.0. The smallest absolute Gasteiger partial charge is 0.224 e. The molecule has 3 heterocycles. The van der Waals surface area contributed by atoms with Crippen LogP contribution in [0, 0.1) is 0 Å². The fourth-order valence-corrected chi connectivity index (χ4v) is 3.95. The summed E-state index contributed by atoms with van der Waals surface area (Å²) in [6.45, 7) is 3.90. The van der Waals surface area contributed by atoms with E-state index in [0.29, 0.717) is 39.0 Å². The van der Waals surface area contributed by atoms with Gasteiger partial charge in [-0.2, -0.15) is 0 Å². The molecule has 1 amide bonds. The van der Waals surface area contributed by atoms with Gasteiger partial charge < -0.3 is 10.0 Å². The predicted octanol–water partition coefficient (Wildman–Crippen LogP) is 0.0849. The highest BCUT2D eigenvalue weighted by molar-refractivity contribution is 5.76. The van der Waals surface area contributed by atoms with E-state index in [2.05, 4.69) is 44.7 Å². The molecule has 2 aliphatic rings. The number of rotatable bonds is 5. The number of aliphatic hydroxyl groups is 1. The maximum atomic E-state index is 12.4. The Morgan fingerprint density at radius 1 is 1.23 bits per heavy atom. The van der Waals surface area contributed by atoms with Crippen LogP contribution in [0.5, 0.6) is 0 Å². The highest BCUT2D eigenvalue weighted by Crippen LogP contribution is 2.26. The average molecular weight is 356 g/mol. The number of fused-ring (bicyclic) bond motifs is 1. The normalized spacial score (nSPS) is 23.2. The van der Waals surface area contributed by atoms with Gasteiger partial charge in [0.05, 0.1) is 18.7 Å². The number of carbonyl (C=O) groups excluding carboxylic acids is 1. The van der Waals surface area contributed by atoms with E-state index in [-0.39, 0.29) is 5.91 Å². The zero-order valence-electron chi connectivity index (χ0n) is 14.8. The monoisotopic (exact) mass is 356 g/mol. The van der Waals surface area contributed by atoms with Gasteiger partial charge in [0.2, 0.25) is 5.91 Å². The lowest BCUT2D eigenvalue weighted by Crippen LogP contribution is -2.47. The van der Waals surface area contributed by atoms with Crippen molar-refractivity contribution in [3.8, 4) is 0 Å². The first-order chi connectivity index (χ1) is 12.6. The molecule has 1 atom stereocenters. The molecule has 1 aromatic heterocycles. The molecule has 1 fully saturated rings. The Labute approximate surface area is 152 Å². The van der Waals surface area contributed by atoms with Gasteiger partial charge in [-0.15, -0.1) is 5.10 Å². The van der Waals surface area contributed by atoms with Gasteiger partial charge in [-0.3, -0.25) is 9.69 Å². The minimum Gasteiger partial charge on any atom is -0.387 e. The number of aryl methyl sites for hydroxylation is 1. The van der Waals surface area contributed by atoms with Crippen LogP contribution < -0.4 is 0 Å². The molecular weight excluding hydrogens is 332 g/mol. The fourth-order valence-electron chi connectivity index (χ4n) is 3.95.